The number of carbonyl (C=O) groups excluding carboxylic acids is 2. The summed E-state index contributed by atoms with van der Waals surface area (Å²) in [6.45, 7) is 0. The van der Waals surface area contributed by atoms with Crippen molar-refractivity contribution in [1.29, 1.82) is 0 Å². The minimum absolute atomic E-state index is 0.0663. The van der Waals surface area contributed by atoms with E-state index in [1.165, 1.54) is 11.8 Å². The lowest BCUT2D eigenvalue weighted by Gasteiger charge is -2.10. The van der Waals surface area contributed by atoms with Crippen LogP contribution in [0.25, 0.3) is 10.8 Å². The summed E-state index contributed by atoms with van der Waals surface area (Å²) in [4.78, 5) is 29.3. The monoisotopic (exact) mass is 405 g/mol. The Balaban J connectivity index is 1.43. The maximum Gasteiger partial charge on any atom is 0.240 e. The minimum Gasteiger partial charge on any atom is -0.497 e. The van der Waals surface area contributed by atoms with Crippen molar-refractivity contribution in [2.45, 2.75) is 11.7 Å². The Labute approximate surface area is 172 Å². The van der Waals surface area contributed by atoms with Crippen LogP contribution in [-0.4, -0.2) is 29.3 Å². The second-order valence-corrected chi connectivity index (χ2v) is 7.68. The second kappa shape index (κ2) is 8.36. The number of nitrogens with one attached hydrogen (secondary N) is 2. The number of fused-ring (bicyclic) bond motifs is 1. The molecule has 3 aromatic carbocycles. The van der Waals surface area contributed by atoms with E-state index in [9.17, 15) is 9.59 Å². The SMILES string of the molecule is COc1cccc(N=C2NC(=O)[C@H](CC(=O)Nc3cccc4ccccc34)S2)c1. The number of methoxy groups -OCH3 is 1. The van der Waals surface area contributed by atoms with Crippen LogP contribution < -0.4 is 15.4 Å². The molecule has 1 saturated heterocycles. The minimum atomic E-state index is -0.519. The van der Waals surface area contributed by atoms with E-state index in [-0.39, 0.29) is 18.2 Å². The maximum atomic E-state index is 12.5. The van der Waals surface area contributed by atoms with Gasteiger partial charge in [-0.15, -0.1) is 0 Å². The van der Waals surface area contributed by atoms with Crippen molar-refractivity contribution in [3.63, 3.8) is 0 Å². The fourth-order valence-electron chi connectivity index (χ4n) is 3.09. The number of aliphatic imine (C=N–C) groups is 1. The Morgan fingerprint density at radius 2 is 1.93 bits per heavy atom. The predicted octanol–water partition coefficient (Wildman–Crippen LogP) is 4.10. The smallest absolute Gasteiger partial charge is 0.240 e. The molecule has 1 heterocycles. The normalized spacial score (nSPS) is 17.3. The first-order valence-corrected chi connectivity index (χ1v) is 9.98. The number of ether oxygens (including phenoxy) is 1. The second-order valence-electron chi connectivity index (χ2n) is 6.49. The highest BCUT2D eigenvalue weighted by Gasteiger charge is 2.32. The highest BCUT2D eigenvalue weighted by Crippen LogP contribution is 2.28. The highest BCUT2D eigenvalue weighted by molar-refractivity contribution is 8.15. The van der Waals surface area contributed by atoms with Crippen molar-refractivity contribution >= 4 is 50.9 Å². The van der Waals surface area contributed by atoms with Crippen molar-refractivity contribution in [3.05, 3.63) is 66.7 Å². The molecule has 1 aliphatic rings. The van der Waals surface area contributed by atoms with Gasteiger partial charge >= 0.3 is 0 Å². The first-order chi connectivity index (χ1) is 14.1. The van der Waals surface area contributed by atoms with Crippen LogP contribution in [0.5, 0.6) is 5.75 Å². The molecule has 0 unspecified atom stereocenters. The number of thioether (sulfide) groups is 1. The van der Waals surface area contributed by atoms with Gasteiger partial charge < -0.3 is 15.4 Å². The molecular weight excluding hydrogens is 386 g/mol. The number of nitrogens with zero attached hydrogens (tertiary/aromatic N) is 1. The molecule has 6 nitrogen and oxygen atoms in total. The highest BCUT2D eigenvalue weighted by atomic mass is 32.2. The predicted molar refractivity (Wildman–Crippen MR) is 117 cm³/mol. The van der Waals surface area contributed by atoms with Crippen molar-refractivity contribution in [3.8, 4) is 5.75 Å². The number of benzene rings is 3. The Morgan fingerprint density at radius 3 is 2.79 bits per heavy atom. The number of hydrogen-bond donors (Lipinski definition) is 2. The van der Waals surface area contributed by atoms with E-state index < -0.39 is 5.25 Å². The zero-order valence-electron chi connectivity index (χ0n) is 15.7. The molecule has 1 atom stereocenters. The quantitative estimate of drug-likeness (QED) is 0.670. The molecule has 7 heteroatoms. The first-order valence-electron chi connectivity index (χ1n) is 9.10. The third kappa shape index (κ3) is 4.41. The summed E-state index contributed by atoms with van der Waals surface area (Å²) in [5, 5.41) is 7.64. The molecule has 0 bridgehead atoms. The van der Waals surface area contributed by atoms with Crippen molar-refractivity contribution < 1.29 is 14.3 Å². The molecule has 1 aliphatic heterocycles. The van der Waals surface area contributed by atoms with E-state index in [2.05, 4.69) is 15.6 Å². The van der Waals surface area contributed by atoms with Crippen molar-refractivity contribution in [2.24, 2.45) is 4.99 Å². The van der Waals surface area contributed by atoms with Crippen LogP contribution in [0.1, 0.15) is 6.42 Å². The van der Waals surface area contributed by atoms with Gasteiger partial charge in [0.15, 0.2) is 5.17 Å². The van der Waals surface area contributed by atoms with Crippen LogP contribution in [0.2, 0.25) is 0 Å². The van der Waals surface area contributed by atoms with E-state index in [0.29, 0.717) is 16.6 Å². The summed E-state index contributed by atoms with van der Waals surface area (Å²) in [5.41, 5.74) is 1.41. The zero-order valence-corrected chi connectivity index (χ0v) is 16.5. The topological polar surface area (TPSA) is 79.8 Å². The third-order valence-electron chi connectivity index (χ3n) is 4.49. The molecule has 0 aromatic heterocycles. The summed E-state index contributed by atoms with van der Waals surface area (Å²) in [6.07, 6.45) is 0.0663. The molecule has 0 aliphatic carbocycles. The standard InChI is InChI=1S/C22H19N3O3S/c1-28-16-9-5-8-15(12-16)23-22-25-21(27)19(29-22)13-20(26)24-18-11-4-7-14-6-2-3-10-17(14)18/h2-12,19H,13H2,1H3,(H,24,26)(H,23,25,27)/t19-/m0/s1. The summed E-state index contributed by atoms with van der Waals surface area (Å²) in [5.74, 6) is 0.258. The molecule has 0 spiro atoms. The van der Waals surface area contributed by atoms with E-state index in [1.807, 2.05) is 60.7 Å². The molecule has 0 saturated carbocycles. The van der Waals surface area contributed by atoms with Gasteiger partial charge in [-0.3, -0.25) is 9.59 Å². The number of rotatable bonds is 5. The van der Waals surface area contributed by atoms with Crippen LogP contribution in [0.3, 0.4) is 0 Å². The van der Waals surface area contributed by atoms with E-state index in [4.69, 9.17) is 4.74 Å². The lowest BCUT2D eigenvalue weighted by Crippen LogP contribution is -2.28. The Morgan fingerprint density at radius 1 is 1.14 bits per heavy atom. The third-order valence-corrected chi connectivity index (χ3v) is 5.58. The summed E-state index contributed by atoms with van der Waals surface area (Å²) >= 11 is 1.26. The van der Waals surface area contributed by atoms with Gasteiger partial charge in [0.25, 0.3) is 0 Å². The molecule has 4 rings (SSSR count). The number of carbonyl (C=O) groups is 2. The molecule has 2 amide bonds. The van der Waals surface area contributed by atoms with Crippen LogP contribution in [-0.2, 0) is 9.59 Å². The van der Waals surface area contributed by atoms with Crippen molar-refractivity contribution in [2.75, 3.05) is 12.4 Å². The van der Waals surface area contributed by atoms with Crippen molar-refractivity contribution in [1.82, 2.24) is 5.32 Å². The van der Waals surface area contributed by atoms with Gasteiger partial charge in [0, 0.05) is 23.6 Å². The van der Waals surface area contributed by atoms with Gasteiger partial charge in [0.2, 0.25) is 11.8 Å². The summed E-state index contributed by atoms with van der Waals surface area (Å²) in [6, 6.07) is 20.8. The van der Waals surface area contributed by atoms with Crippen LogP contribution in [0.4, 0.5) is 11.4 Å². The molecular formula is C22H19N3O3S. The molecule has 2 N–H and O–H groups in total. The molecule has 146 valence electrons. The van der Waals surface area contributed by atoms with Gasteiger partial charge in [-0.2, -0.15) is 0 Å². The zero-order chi connectivity index (χ0) is 20.2. The fourth-order valence-corrected chi connectivity index (χ4v) is 4.08. The molecule has 1 fully saturated rings. The van der Waals surface area contributed by atoms with E-state index >= 15 is 0 Å². The maximum absolute atomic E-state index is 12.5. The number of amides is 2. The first kappa shape index (κ1) is 19.0. The average Bonchev–Trinajstić information content (AvgIpc) is 3.07. The van der Waals surface area contributed by atoms with E-state index in [0.717, 1.165) is 16.5 Å². The average molecular weight is 405 g/mol. The molecule has 3 aromatic rings. The molecule has 29 heavy (non-hydrogen) atoms. The molecule has 0 radical (unpaired) electrons. The fraction of sp³-hybridized carbons (Fsp3) is 0.136. The largest absolute Gasteiger partial charge is 0.497 e. The summed E-state index contributed by atoms with van der Waals surface area (Å²) < 4.78 is 5.18. The Hall–Kier alpha value is -3.32. The summed E-state index contributed by atoms with van der Waals surface area (Å²) in [7, 11) is 1.59. The van der Waals surface area contributed by atoms with Crippen LogP contribution >= 0.6 is 11.8 Å². The Kier molecular flexibility index (Phi) is 5.48. The van der Waals surface area contributed by atoms with Gasteiger partial charge in [0.05, 0.1) is 12.8 Å². The Bertz CT molecular complexity index is 1110. The van der Waals surface area contributed by atoms with Gasteiger partial charge in [0.1, 0.15) is 11.0 Å². The lowest BCUT2D eigenvalue weighted by atomic mass is 10.1. The van der Waals surface area contributed by atoms with Crippen LogP contribution in [0, 0.1) is 0 Å². The van der Waals surface area contributed by atoms with Gasteiger partial charge in [-0.05, 0) is 23.6 Å². The van der Waals surface area contributed by atoms with Crippen LogP contribution in [0.15, 0.2) is 71.7 Å². The lowest BCUT2D eigenvalue weighted by molar-refractivity contribution is -0.122. The van der Waals surface area contributed by atoms with E-state index in [1.54, 1.807) is 13.2 Å². The van der Waals surface area contributed by atoms with Gasteiger partial charge in [-0.1, -0.05) is 54.2 Å². The number of hydrogen-bond acceptors (Lipinski definition) is 5. The van der Waals surface area contributed by atoms with Gasteiger partial charge in [-0.25, -0.2) is 4.99 Å². The number of anilines is 1. The number of amidine groups is 1.